The second-order valence-electron chi connectivity index (χ2n) is 5.61. The third kappa shape index (κ3) is 6.22. The summed E-state index contributed by atoms with van der Waals surface area (Å²) in [5, 5.41) is 12.4. The summed E-state index contributed by atoms with van der Waals surface area (Å²) < 4.78 is 0. The van der Waals surface area contributed by atoms with Gasteiger partial charge in [0.15, 0.2) is 5.78 Å². The van der Waals surface area contributed by atoms with Gasteiger partial charge in [-0.25, -0.2) is 0 Å². The second-order valence-corrected chi connectivity index (χ2v) is 8.40. The van der Waals surface area contributed by atoms with Gasteiger partial charge in [-0.05, 0) is 29.8 Å². The number of thiophene rings is 1. The molecule has 5 nitrogen and oxygen atoms in total. The molecule has 0 aliphatic carbocycles. The number of aliphatic hydroxyl groups is 1. The molecule has 0 aliphatic heterocycles. The van der Waals surface area contributed by atoms with E-state index in [-0.39, 0.29) is 5.78 Å². The fourth-order valence-corrected chi connectivity index (χ4v) is 4.36. The van der Waals surface area contributed by atoms with E-state index in [2.05, 4.69) is 0 Å². The van der Waals surface area contributed by atoms with Gasteiger partial charge in [0.1, 0.15) is 12.9 Å². The van der Waals surface area contributed by atoms with Gasteiger partial charge >= 0.3 is 0 Å². The van der Waals surface area contributed by atoms with E-state index in [0.717, 1.165) is 22.3 Å². The van der Waals surface area contributed by atoms with Gasteiger partial charge in [-0.3, -0.25) is 4.79 Å². The Hall–Kier alpha value is -2.03. The normalized spacial score (nSPS) is 10.2. The van der Waals surface area contributed by atoms with Crippen LogP contribution in [0.15, 0.2) is 52.7 Å². The Balaban J connectivity index is 0.000000221. The standard InChI is InChI=1S/C12H10ClNO2S.C8H8ClNOS/c13-8-3-1-7(2-4-8)9-6-17-12(14)11(9)10(16)5-15;9-6-2-1-3-7(10)8(6)12-5-4-11/h1-4,6,15H,5,14H2;1-4H,5,10H2. The third-order valence-electron chi connectivity index (χ3n) is 3.69. The number of carbonyl (C=O) groups is 2. The van der Waals surface area contributed by atoms with Gasteiger partial charge in [0.05, 0.1) is 21.3 Å². The highest BCUT2D eigenvalue weighted by molar-refractivity contribution is 8.00. The molecule has 152 valence electrons. The molecular weight excluding hydrogens is 451 g/mol. The van der Waals surface area contributed by atoms with Gasteiger partial charge in [-0.1, -0.05) is 41.4 Å². The zero-order valence-electron chi connectivity index (χ0n) is 15.1. The van der Waals surface area contributed by atoms with Crippen LogP contribution >= 0.6 is 46.3 Å². The van der Waals surface area contributed by atoms with Crippen LogP contribution in [0, 0.1) is 0 Å². The van der Waals surface area contributed by atoms with E-state index in [4.69, 9.17) is 39.8 Å². The number of nitrogen functional groups attached to an aromatic ring is 2. The lowest BCUT2D eigenvalue weighted by molar-refractivity contribution is -0.105. The van der Waals surface area contributed by atoms with Crippen LogP contribution in [0.5, 0.6) is 0 Å². The SMILES string of the molecule is Nc1cccc(Cl)c1SCC=O.Nc1scc(-c2ccc(Cl)cc2)c1C(=O)CO. The van der Waals surface area contributed by atoms with Crippen molar-refractivity contribution >= 4 is 69.1 Å². The van der Waals surface area contributed by atoms with E-state index in [1.54, 1.807) is 30.3 Å². The molecule has 0 spiro atoms. The number of nitrogens with two attached hydrogens (primary N) is 2. The molecule has 29 heavy (non-hydrogen) atoms. The van der Waals surface area contributed by atoms with Gasteiger partial charge in [-0.15, -0.1) is 23.1 Å². The van der Waals surface area contributed by atoms with Crippen molar-refractivity contribution in [1.29, 1.82) is 0 Å². The first-order chi connectivity index (χ1) is 13.9. The topological polar surface area (TPSA) is 106 Å². The van der Waals surface area contributed by atoms with Crippen LogP contribution in [-0.2, 0) is 4.79 Å². The molecule has 0 unspecified atom stereocenters. The summed E-state index contributed by atoms with van der Waals surface area (Å²) in [5.74, 6) is 0.0159. The molecule has 2 aromatic carbocycles. The second kappa shape index (κ2) is 11.2. The fraction of sp³-hybridized carbons (Fsp3) is 0.100. The zero-order valence-corrected chi connectivity index (χ0v) is 18.2. The maximum atomic E-state index is 11.6. The smallest absolute Gasteiger partial charge is 0.191 e. The van der Waals surface area contributed by atoms with Crippen molar-refractivity contribution in [3.63, 3.8) is 0 Å². The lowest BCUT2D eigenvalue weighted by atomic mass is 10.0. The van der Waals surface area contributed by atoms with Crippen LogP contribution in [0.2, 0.25) is 10.0 Å². The van der Waals surface area contributed by atoms with Crippen LogP contribution in [0.1, 0.15) is 10.4 Å². The maximum Gasteiger partial charge on any atom is 0.191 e. The van der Waals surface area contributed by atoms with E-state index in [1.165, 1.54) is 23.1 Å². The molecule has 3 aromatic rings. The fourth-order valence-electron chi connectivity index (χ4n) is 2.38. The molecule has 0 bridgehead atoms. The summed E-state index contributed by atoms with van der Waals surface area (Å²) in [5.41, 5.74) is 14.0. The number of anilines is 2. The number of benzene rings is 2. The number of thioether (sulfide) groups is 1. The van der Waals surface area contributed by atoms with Crippen LogP contribution < -0.4 is 11.5 Å². The number of aldehydes is 1. The number of Topliss-reactive ketones (excluding diaryl/α,β-unsaturated/α-hetero) is 1. The molecule has 3 rings (SSSR count). The summed E-state index contributed by atoms with van der Waals surface area (Å²) in [7, 11) is 0. The number of ketones is 1. The number of halogens is 2. The molecule has 0 atom stereocenters. The monoisotopic (exact) mass is 468 g/mol. The quantitative estimate of drug-likeness (QED) is 0.202. The molecule has 0 saturated heterocycles. The molecule has 5 N–H and O–H groups in total. The molecule has 9 heteroatoms. The maximum absolute atomic E-state index is 11.6. The van der Waals surface area contributed by atoms with E-state index in [0.29, 0.717) is 32.1 Å². The van der Waals surface area contributed by atoms with Crippen molar-refractivity contribution in [3.05, 3.63) is 63.5 Å². The first-order valence-electron chi connectivity index (χ1n) is 8.26. The van der Waals surface area contributed by atoms with Gasteiger partial charge < -0.3 is 21.4 Å². The van der Waals surface area contributed by atoms with E-state index in [9.17, 15) is 9.59 Å². The highest BCUT2D eigenvalue weighted by Gasteiger charge is 2.17. The minimum atomic E-state index is -0.540. The summed E-state index contributed by atoms with van der Waals surface area (Å²) in [4.78, 5) is 22.5. The summed E-state index contributed by atoms with van der Waals surface area (Å²) >= 11 is 14.3. The Morgan fingerprint density at radius 1 is 1.14 bits per heavy atom. The number of hydrogen-bond donors (Lipinski definition) is 3. The van der Waals surface area contributed by atoms with Gasteiger partial charge in [-0.2, -0.15) is 0 Å². The Kier molecular flexibility index (Phi) is 9.00. The van der Waals surface area contributed by atoms with E-state index < -0.39 is 6.61 Å². The van der Waals surface area contributed by atoms with Crippen molar-refractivity contribution in [3.8, 4) is 11.1 Å². The summed E-state index contributed by atoms with van der Waals surface area (Å²) in [6.45, 7) is -0.540. The first kappa shape index (κ1) is 23.3. The van der Waals surface area contributed by atoms with Crippen LogP contribution in [0.3, 0.4) is 0 Å². The van der Waals surface area contributed by atoms with Crippen molar-refractivity contribution in [2.24, 2.45) is 0 Å². The Morgan fingerprint density at radius 2 is 1.83 bits per heavy atom. The van der Waals surface area contributed by atoms with Crippen molar-refractivity contribution in [2.75, 3.05) is 23.8 Å². The summed E-state index contributed by atoms with van der Waals surface area (Å²) in [6, 6.07) is 12.4. The molecule has 0 fully saturated rings. The number of carbonyl (C=O) groups excluding carboxylic acids is 2. The third-order valence-corrected chi connectivity index (χ3v) is 6.23. The van der Waals surface area contributed by atoms with Crippen molar-refractivity contribution in [1.82, 2.24) is 0 Å². The zero-order chi connectivity index (χ0) is 21.4. The van der Waals surface area contributed by atoms with Crippen molar-refractivity contribution in [2.45, 2.75) is 4.90 Å². The minimum Gasteiger partial charge on any atom is -0.398 e. The Morgan fingerprint density at radius 3 is 2.41 bits per heavy atom. The van der Waals surface area contributed by atoms with Crippen LogP contribution in [0.4, 0.5) is 10.7 Å². The Bertz CT molecular complexity index is 972. The number of aliphatic hydroxyl groups excluding tert-OH is 1. The molecule has 1 heterocycles. The predicted octanol–water partition coefficient (Wildman–Crippen LogP) is 5.04. The van der Waals surface area contributed by atoms with Crippen LogP contribution in [-0.4, -0.2) is 29.5 Å². The average molecular weight is 469 g/mol. The van der Waals surface area contributed by atoms with E-state index >= 15 is 0 Å². The van der Waals surface area contributed by atoms with Gasteiger partial charge in [0.25, 0.3) is 0 Å². The minimum absolute atomic E-state index is 0.367. The molecule has 0 aliphatic rings. The molecule has 0 saturated carbocycles. The number of rotatable bonds is 6. The highest BCUT2D eigenvalue weighted by Crippen LogP contribution is 2.34. The average Bonchev–Trinajstić information content (AvgIpc) is 3.09. The van der Waals surface area contributed by atoms with E-state index in [1.807, 2.05) is 17.5 Å². The van der Waals surface area contributed by atoms with Gasteiger partial charge in [0, 0.05) is 26.5 Å². The van der Waals surface area contributed by atoms with Crippen molar-refractivity contribution < 1.29 is 14.7 Å². The highest BCUT2D eigenvalue weighted by atomic mass is 35.5. The van der Waals surface area contributed by atoms with Gasteiger partial charge in [0.2, 0.25) is 0 Å². The molecular formula is C20H18Cl2N2O3S2. The lowest BCUT2D eigenvalue weighted by Gasteiger charge is -2.04. The largest absolute Gasteiger partial charge is 0.398 e. The molecule has 0 radical (unpaired) electrons. The first-order valence-corrected chi connectivity index (χ1v) is 10.9. The predicted molar refractivity (Wildman–Crippen MR) is 123 cm³/mol. The van der Waals surface area contributed by atoms with Crippen LogP contribution in [0.25, 0.3) is 11.1 Å². The summed E-state index contributed by atoms with van der Waals surface area (Å²) in [6.07, 6.45) is 0.827. The number of hydrogen-bond acceptors (Lipinski definition) is 7. The molecule has 1 aromatic heterocycles. The Labute approximate surface area is 186 Å². The lowest BCUT2D eigenvalue weighted by Crippen LogP contribution is -2.06. The molecule has 0 amide bonds.